The largest absolute Gasteiger partial charge is 0.488 e. The van der Waals surface area contributed by atoms with Crippen LogP contribution < -0.4 is 10.1 Å². The highest BCUT2D eigenvalue weighted by atomic mass is 16.5. The lowest BCUT2D eigenvalue weighted by molar-refractivity contribution is 0.142. The molecule has 0 aromatic heterocycles. The molecule has 1 saturated carbocycles. The zero-order valence-corrected chi connectivity index (χ0v) is 8.20. The molecule has 0 amide bonds. The molecular weight excluding hydrogens is 174 g/mol. The predicted octanol–water partition coefficient (Wildman–Crippen LogP) is 1.91. The summed E-state index contributed by atoms with van der Waals surface area (Å²) >= 11 is 0. The number of benzene rings is 1. The second-order valence-corrected chi connectivity index (χ2v) is 4.24. The Hall–Kier alpha value is -1.02. The summed E-state index contributed by atoms with van der Waals surface area (Å²) in [6, 6.07) is 8.58. The van der Waals surface area contributed by atoms with Gasteiger partial charge in [-0.15, -0.1) is 0 Å². The van der Waals surface area contributed by atoms with Gasteiger partial charge in [0.25, 0.3) is 0 Å². The van der Waals surface area contributed by atoms with E-state index in [1.807, 2.05) is 0 Å². The van der Waals surface area contributed by atoms with Crippen LogP contribution in [0.25, 0.3) is 0 Å². The van der Waals surface area contributed by atoms with E-state index in [0.717, 1.165) is 24.8 Å². The van der Waals surface area contributed by atoms with Gasteiger partial charge in [0, 0.05) is 13.1 Å². The Kier molecular flexibility index (Phi) is 1.95. The highest BCUT2D eigenvalue weighted by Gasteiger charge is 2.24. The molecule has 2 nitrogen and oxygen atoms in total. The number of hydrogen-bond acceptors (Lipinski definition) is 2. The monoisotopic (exact) mass is 189 g/mol. The summed E-state index contributed by atoms with van der Waals surface area (Å²) in [4.78, 5) is 0. The summed E-state index contributed by atoms with van der Waals surface area (Å²) in [5.41, 5.74) is 1.45. The lowest BCUT2D eigenvalue weighted by Gasteiger charge is -2.27. The van der Waals surface area contributed by atoms with Gasteiger partial charge in [0.1, 0.15) is 11.9 Å². The highest BCUT2D eigenvalue weighted by Crippen LogP contribution is 2.40. The quantitative estimate of drug-likeness (QED) is 0.784. The van der Waals surface area contributed by atoms with Crippen LogP contribution in [-0.4, -0.2) is 19.2 Å². The maximum Gasteiger partial charge on any atom is 0.123 e. The second kappa shape index (κ2) is 3.28. The molecule has 1 aromatic rings. The van der Waals surface area contributed by atoms with Crippen molar-refractivity contribution in [1.82, 2.24) is 5.32 Å². The molecule has 0 radical (unpaired) electrons. The first-order chi connectivity index (χ1) is 6.92. The molecule has 1 heterocycles. The molecule has 14 heavy (non-hydrogen) atoms. The van der Waals surface area contributed by atoms with E-state index in [4.69, 9.17) is 4.74 Å². The molecule has 1 saturated heterocycles. The molecule has 2 heteroatoms. The average Bonchev–Trinajstić information content (AvgIpc) is 2.95. The molecule has 2 aliphatic rings. The van der Waals surface area contributed by atoms with E-state index in [2.05, 4.69) is 29.6 Å². The SMILES string of the molecule is c1cc(OC2CNC2)cc(C2CC2)c1. The van der Waals surface area contributed by atoms with Crippen LogP contribution in [0, 0.1) is 0 Å². The van der Waals surface area contributed by atoms with Crippen molar-refractivity contribution in [2.45, 2.75) is 24.9 Å². The first kappa shape index (κ1) is 8.30. The molecule has 1 aromatic carbocycles. The van der Waals surface area contributed by atoms with Gasteiger partial charge >= 0.3 is 0 Å². The summed E-state index contributed by atoms with van der Waals surface area (Å²) < 4.78 is 5.81. The standard InChI is InChI=1S/C12H15NO/c1-2-10(9-4-5-9)6-11(3-1)14-12-7-13-8-12/h1-3,6,9,12-13H,4-5,7-8H2. The minimum Gasteiger partial charge on any atom is -0.488 e. The van der Waals surface area contributed by atoms with Crippen LogP contribution in [0.4, 0.5) is 0 Å². The van der Waals surface area contributed by atoms with E-state index >= 15 is 0 Å². The van der Waals surface area contributed by atoms with Gasteiger partial charge in [-0.05, 0) is 36.5 Å². The predicted molar refractivity (Wildman–Crippen MR) is 55.7 cm³/mol. The lowest BCUT2D eigenvalue weighted by atomic mass is 10.1. The first-order valence-electron chi connectivity index (χ1n) is 5.39. The fourth-order valence-electron chi connectivity index (χ4n) is 1.80. The van der Waals surface area contributed by atoms with E-state index in [0.29, 0.717) is 6.10 Å². The number of rotatable bonds is 3. The highest BCUT2D eigenvalue weighted by molar-refractivity contribution is 5.33. The van der Waals surface area contributed by atoms with Crippen molar-refractivity contribution >= 4 is 0 Å². The van der Waals surface area contributed by atoms with Crippen molar-refractivity contribution in [3.63, 3.8) is 0 Å². The molecule has 1 N–H and O–H groups in total. The average molecular weight is 189 g/mol. The molecule has 0 spiro atoms. The van der Waals surface area contributed by atoms with E-state index in [1.54, 1.807) is 0 Å². The molecule has 0 atom stereocenters. The van der Waals surface area contributed by atoms with Gasteiger partial charge in [-0.25, -0.2) is 0 Å². The van der Waals surface area contributed by atoms with Crippen molar-refractivity contribution in [2.24, 2.45) is 0 Å². The Morgan fingerprint density at radius 1 is 1.21 bits per heavy atom. The molecule has 1 aliphatic heterocycles. The van der Waals surface area contributed by atoms with Crippen LogP contribution in [-0.2, 0) is 0 Å². The third-order valence-corrected chi connectivity index (χ3v) is 2.95. The summed E-state index contributed by atoms with van der Waals surface area (Å²) in [7, 11) is 0. The fourth-order valence-corrected chi connectivity index (χ4v) is 1.80. The number of hydrogen-bond donors (Lipinski definition) is 1. The van der Waals surface area contributed by atoms with Crippen molar-refractivity contribution in [2.75, 3.05) is 13.1 Å². The maximum absolute atomic E-state index is 5.81. The second-order valence-electron chi connectivity index (χ2n) is 4.24. The molecule has 2 fully saturated rings. The third kappa shape index (κ3) is 1.62. The Labute approximate surface area is 84.3 Å². The number of ether oxygens (including phenoxy) is 1. The minimum absolute atomic E-state index is 0.393. The Balaban J connectivity index is 1.72. The van der Waals surface area contributed by atoms with Gasteiger partial charge in [0.2, 0.25) is 0 Å². The molecule has 1 aliphatic carbocycles. The van der Waals surface area contributed by atoms with Crippen LogP contribution in [0.15, 0.2) is 24.3 Å². The summed E-state index contributed by atoms with van der Waals surface area (Å²) in [5.74, 6) is 1.86. The minimum atomic E-state index is 0.393. The van der Waals surface area contributed by atoms with Gasteiger partial charge < -0.3 is 10.1 Å². The van der Waals surface area contributed by atoms with Crippen LogP contribution in [0.3, 0.4) is 0 Å². The lowest BCUT2D eigenvalue weighted by Crippen LogP contribution is -2.50. The zero-order valence-electron chi connectivity index (χ0n) is 8.20. The van der Waals surface area contributed by atoms with Crippen LogP contribution in [0.1, 0.15) is 24.3 Å². The Bertz CT molecular complexity index is 329. The van der Waals surface area contributed by atoms with Gasteiger partial charge in [-0.1, -0.05) is 12.1 Å². The Morgan fingerprint density at radius 2 is 2.07 bits per heavy atom. The van der Waals surface area contributed by atoms with Crippen molar-refractivity contribution in [3.8, 4) is 5.75 Å². The van der Waals surface area contributed by atoms with Crippen molar-refractivity contribution < 1.29 is 4.74 Å². The van der Waals surface area contributed by atoms with Crippen LogP contribution in [0.2, 0.25) is 0 Å². The summed E-state index contributed by atoms with van der Waals surface area (Å²) in [6.07, 6.45) is 3.10. The summed E-state index contributed by atoms with van der Waals surface area (Å²) in [5, 5.41) is 3.21. The van der Waals surface area contributed by atoms with Crippen LogP contribution >= 0.6 is 0 Å². The van der Waals surface area contributed by atoms with Crippen molar-refractivity contribution in [3.05, 3.63) is 29.8 Å². The smallest absolute Gasteiger partial charge is 0.123 e. The normalized spacial score (nSPS) is 21.7. The maximum atomic E-state index is 5.81. The molecule has 74 valence electrons. The summed E-state index contributed by atoms with van der Waals surface area (Å²) in [6.45, 7) is 1.99. The third-order valence-electron chi connectivity index (χ3n) is 2.95. The number of nitrogens with one attached hydrogen (secondary N) is 1. The van der Waals surface area contributed by atoms with Gasteiger partial charge in [-0.3, -0.25) is 0 Å². The van der Waals surface area contributed by atoms with Gasteiger partial charge in [-0.2, -0.15) is 0 Å². The molecule has 0 unspecified atom stereocenters. The van der Waals surface area contributed by atoms with E-state index < -0.39 is 0 Å². The Morgan fingerprint density at radius 3 is 2.71 bits per heavy atom. The fraction of sp³-hybridized carbons (Fsp3) is 0.500. The molecule has 3 rings (SSSR count). The van der Waals surface area contributed by atoms with Gasteiger partial charge in [0.15, 0.2) is 0 Å². The zero-order chi connectivity index (χ0) is 9.38. The van der Waals surface area contributed by atoms with Crippen LogP contribution in [0.5, 0.6) is 5.75 Å². The molecular formula is C12H15NO. The van der Waals surface area contributed by atoms with Crippen molar-refractivity contribution in [1.29, 1.82) is 0 Å². The molecule has 0 bridgehead atoms. The van der Waals surface area contributed by atoms with Gasteiger partial charge in [0.05, 0.1) is 0 Å². The first-order valence-corrected chi connectivity index (χ1v) is 5.39. The van der Waals surface area contributed by atoms with E-state index in [-0.39, 0.29) is 0 Å². The van der Waals surface area contributed by atoms with E-state index in [1.165, 1.54) is 18.4 Å². The van der Waals surface area contributed by atoms with E-state index in [9.17, 15) is 0 Å². The topological polar surface area (TPSA) is 21.3 Å².